The molecule has 4 rings (SSSR count). The summed E-state index contributed by atoms with van der Waals surface area (Å²) in [6.07, 6.45) is 0.443. The van der Waals surface area contributed by atoms with E-state index in [9.17, 15) is 8.42 Å². The highest BCUT2D eigenvalue weighted by molar-refractivity contribution is 7.89. The molecule has 1 aliphatic heterocycles. The van der Waals surface area contributed by atoms with Gasteiger partial charge in [0.15, 0.2) is 0 Å². The molecule has 0 N–H and O–H groups in total. The van der Waals surface area contributed by atoms with Gasteiger partial charge in [-0.25, -0.2) is 8.42 Å². The molecular formula is C23H19Cl4NO4S. The third kappa shape index (κ3) is 4.65. The van der Waals surface area contributed by atoms with Crippen LogP contribution in [0, 0.1) is 0 Å². The molecule has 10 heteroatoms. The number of halogens is 4. The van der Waals surface area contributed by atoms with E-state index < -0.39 is 16.1 Å². The van der Waals surface area contributed by atoms with Crippen molar-refractivity contribution in [1.29, 1.82) is 0 Å². The third-order valence-electron chi connectivity index (χ3n) is 5.50. The summed E-state index contributed by atoms with van der Waals surface area (Å²) in [4.78, 5) is -0.0392. The first kappa shape index (κ1) is 24.5. The SMILES string of the molecule is COc1cc2c(c(OC)c1)C(c1cc(Cl)cc(Cl)c1)N(S(=O)(=O)c1ccc(Cl)cc1Cl)CC2. The number of hydrogen-bond donors (Lipinski definition) is 0. The molecule has 0 fully saturated rings. The predicted molar refractivity (Wildman–Crippen MR) is 132 cm³/mol. The normalized spacial score (nSPS) is 16.4. The van der Waals surface area contributed by atoms with E-state index in [0.717, 1.165) is 5.56 Å². The Morgan fingerprint density at radius 3 is 2.18 bits per heavy atom. The minimum absolute atomic E-state index is 0.0392. The minimum Gasteiger partial charge on any atom is -0.497 e. The van der Waals surface area contributed by atoms with Crippen LogP contribution in [0.5, 0.6) is 11.5 Å². The van der Waals surface area contributed by atoms with Crippen molar-refractivity contribution >= 4 is 56.4 Å². The lowest BCUT2D eigenvalue weighted by Gasteiger charge is -2.38. The summed E-state index contributed by atoms with van der Waals surface area (Å²) in [7, 11) is -0.951. The molecule has 5 nitrogen and oxygen atoms in total. The maximum absolute atomic E-state index is 13.9. The molecule has 1 heterocycles. The van der Waals surface area contributed by atoms with Gasteiger partial charge in [-0.15, -0.1) is 0 Å². The van der Waals surface area contributed by atoms with Crippen LogP contribution in [-0.4, -0.2) is 33.5 Å². The van der Waals surface area contributed by atoms with Crippen LogP contribution < -0.4 is 9.47 Å². The Morgan fingerprint density at radius 2 is 1.58 bits per heavy atom. The molecule has 0 radical (unpaired) electrons. The number of ether oxygens (including phenoxy) is 2. The fourth-order valence-electron chi connectivity index (χ4n) is 4.10. The van der Waals surface area contributed by atoms with E-state index in [1.165, 1.54) is 29.6 Å². The van der Waals surface area contributed by atoms with Crippen LogP contribution in [0.2, 0.25) is 20.1 Å². The maximum Gasteiger partial charge on any atom is 0.245 e. The largest absolute Gasteiger partial charge is 0.497 e. The van der Waals surface area contributed by atoms with Gasteiger partial charge in [0, 0.05) is 33.2 Å². The van der Waals surface area contributed by atoms with Gasteiger partial charge in [-0.2, -0.15) is 4.31 Å². The van der Waals surface area contributed by atoms with Gasteiger partial charge in [-0.05, 0) is 60.0 Å². The molecule has 3 aromatic rings. The van der Waals surface area contributed by atoms with Crippen molar-refractivity contribution in [1.82, 2.24) is 4.31 Å². The lowest BCUT2D eigenvalue weighted by atomic mass is 9.88. The van der Waals surface area contributed by atoms with Gasteiger partial charge in [-0.1, -0.05) is 46.4 Å². The quantitative estimate of drug-likeness (QED) is 0.359. The van der Waals surface area contributed by atoms with E-state index in [1.807, 2.05) is 6.07 Å². The molecular weight excluding hydrogens is 528 g/mol. The highest BCUT2D eigenvalue weighted by atomic mass is 35.5. The van der Waals surface area contributed by atoms with Crippen molar-refractivity contribution in [3.05, 3.63) is 85.3 Å². The molecule has 0 amide bonds. The zero-order valence-electron chi connectivity index (χ0n) is 17.6. The standard InChI is InChI=1S/C23H19Cl4NO4S/c1-31-18-9-13-5-6-28(33(29,30)21-4-3-15(24)11-19(21)27)23(22(13)20(12-18)32-2)14-7-16(25)10-17(26)8-14/h3-4,7-12,23H,5-6H2,1-2H3. The van der Waals surface area contributed by atoms with Crippen molar-refractivity contribution in [3.8, 4) is 11.5 Å². The third-order valence-corrected chi connectivity index (χ3v) is 8.52. The number of nitrogens with zero attached hydrogens (tertiary/aromatic N) is 1. The van der Waals surface area contributed by atoms with E-state index >= 15 is 0 Å². The Morgan fingerprint density at radius 1 is 0.879 bits per heavy atom. The molecule has 1 aliphatic rings. The molecule has 0 aliphatic carbocycles. The smallest absolute Gasteiger partial charge is 0.245 e. The summed E-state index contributed by atoms with van der Waals surface area (Å²) in [5, 5.41) is 1.16. The monoisotopic (exact) mass is 545 g/mol. The van der Waals surface area contributed by atoms with E-state index in [0.29, 0.717) is 44.1 Å². The summed E-state index contributed by atoms with van der Waals surface area (Å²) >= 11 is 24.9. The molecule has 1 atom stereocenters. The van der Waals surface area contributed by atoms with Gasteiger partial charge in [0.25, 0.3) is 0 Å². The highest BCUT2D eigenvalue weighted by Crippen LogP contribution is 2.46. The van der Waals surface area contributed by atoms with Crippen LogP contribution in [0.3, 0.4) is 0 Å². The fourth-order valence-corrected chi connectivity index (χ4v) is 6.98. The maximum atomic E-state index is 13.9. The van der Waals surface area contributed by atoms with Crippen molar-refractivity contribution in [3.63, 3.8) is 0 Å². The summed E-state index contributed by atoms with van der Waals surface area (Å²) in [6.45, 7) is 0.194. The number of sulfonamides is 1. The average Bonchev–Trinajstić information content (AvgIpc) is 2.76. The van der Waals surface area contributed by atoms with Gasteiger partial charge in [0.1, 0.15) is 16.4 Å². The van der Waals surface area contributed by atoms with E-state index in [-0.39, 0.29) is 16.5 Å². The zero-order valence-corrected chi connectivity index (χ0v) is 21.5. The second kappa shape index (κ2) is 9.53. The van der Waals surface area contributed by atoms with Crippen LogP contribution in [0.25, 0.3) is 0 Å². The molecule has 0 aromatic heterocycles. The Labute approximate surface area is 212 Å². The van der Waals surface area contributed by atoms with E-state index in [2.05, 4.69) is 0 Å². The molecule has 0 saturated carbocycles. The van der Waals surface area contributed by atoms with Gasteiger partial charge >= 0.3 is 0 Å². The number of hydrogen-bond acceptors (Lipinski definition) is 4. The predicted octanol–water partition coefficient (Wildman–Crippen LogP) is 6.65. The first-order chi connectivity index (χ1) is 15.6. The van der Waals surface area contributed by atoms with Gasteiger partial charge in [0.05, 0.1) is 25.3 Å². The first-order valence-electron chi connectivity index (χ1n) is 9.83. The number of methoxy groups -OCH3 is 2. The second-order valence-corrected chi connectivity index (χ2v) is 11.0. The summed E-state index contributed by atoms with van der Waals surface area (Å²) in [6, 6.07) is 12.1. The topological polar surface area (TPSA) is 55.8 Å². The minimum atomic E-state index is -4.05. The first-order valence-corrected chi connectivity index (χ1v) is 12.8. The number of benzene rings is 3. The molecule has 174 valence electrons. The molecule has 1 unspecified atom stereocenters. The van der Waals surface area contributed by atoms with Crippen LogP contribution in [0.1, 0.15) is 22.7 Å². The van der Waals surface area contributed by atoms with Crippen molar-refractivity contribution in [2.75, 3.05) is 20.8 Å². The lowest BCUT2D eigenvalue weighted by molar-refractivity contribution is 0.324. The van der Waals surface area contributed by atoms with Crippen LogP contribution in [0.4, 0.5) is 0 Å². The number of rotatable bonds is 5. The van der Waals surface area contributed by atoms with Crippen LogP contribution >= 0.6 is 46.4 Å². The van der Waals surface area contributed by atoms with Crippen molar-refractivity contribution in [2.24, 2.45) is 0 Å². The zero-order chi connectivity index (χ0) is 23.9. The molecule has 33 heavy (non-hydrogen) atoms. The van der Waals surface area contributed by atoms with Crippen molar-refractivity contribution < 1.29 is 17.9 Å². The van der Waals surface area contributed by atoms with Crippen LogP contribution in [0.15, 0.2) is 53.4 Å². The van der Waals surface area contributed by atoms with Gasteiger partial charge < -0.3 is 9.47 Å². The van der Waals surface area contributed by atoms with E-state index in [1.54, 1.807) is 31.4 Å². The van der Waals surface area contributed by atoms with Gasteiger partial charge in [0.2, 0.25) is 10.0 Å². The summed E-state index contributed by atoms with van der Waals surface area (Å²) in [5.41, 5.74) is 2.20. The van der Waals surface area contributed by atoms with E-state index in [4.69, 9.17) is 55.9 Å². The summed E-state index contributed by atoms with van der Waals surface area (Å²) in [5.74, 6) is 1.11. The van der Waals surface area contributed by atoms with Crippen LogP contribution in [-0.2, 0) is 16.4 Å². The number of fused-ring (bicyclic) bond motifs is 1. The average molecular weight is 547 g/mol. The second-order valence-electron chi connectivity index (χ2n) is 7.45. The Hall–Kier alpha value is -1.67. The Kier molecular flexibility index (Phi) is 7.06. The lowest BCUT2D eigenvalue weighted by Crippen LogP contribution is -2.41. The molecule has 0 saturated heterocycles. The molecule has 3 aromatic carbocycles. The molecule has 0 bridgehead atoms. The summed E-state index contributed by atoms with van der Waals surface area (Å²) < 4.78 is 40.2. The Bertz CT molecular complexity index is 1290. The fraction of sp³-hybridized carbons (Fsp3) is 0.217. The Balaban J connectivity index is 1.98. The highest BCUT2D eigenvalue weighted by Gasteiger charge is 2.40. The van der Waals surface area contributed by atoms with Gasteiger partial charge in [-0.3, -0.25) is 0 Å². The molecule has 0 spiro atoms. The van der Waals surface area contributed by atoms with Crippen molar-refractivity contribution in [2.45, 2.75) is 17.4 Å².